The van der Waals surface area contributed by atoms with E-state index in [1.165, 1.54) is 6.04 Å². The number of hydrogen-bond acceptors (Lipinski definition) is 1. The second kappa shape index (κ2) is 10.4. The third-order valence-electron chi connectivity index (χ3n) is 1.46. The van der Waals surface area contributed by atoms with E-state index in [0.29, 0.717) is 5.75 Å². The van der Waals surface area contributed by atoms with E-state index in [1.54, 1.807) is 24.3 Å². The molecule has 0 saturated heterocycles. The minimum Gasteiger partial charge on any atom is -0.508 e. The maximum atomic E-state index is 8.63. The van der Waals surface area contributed by atoms with E-state index in [4.69, 9.17) is 5.11 Å². The number of phenolic OH excluding ortho intramolecular Hbond substituents is 1. The minimum absolute atomic E-state index is 0. The van der Waals surface area contributed by atoms with Crippen molar-refractivity contribution in [2.75, 3.05) is 0 Å². The van der Waals surface area contributed by atoms with Gasteiger partial charge in [0.15, 0.2) is 0 Å². The summed E-state index contributed by atoms with van der Waals surface area (Å²) in [5, 5.41) is 8.63. The van der Waals surface area contributed by atoms with Crippen LogP contribution < -0.4 is 0 Å². The summed E-state index contributed by atoms with van der Waals surface area (Å²) in [6.07, 6.45) is 0. The van der Waals surface area contributed by atoms with Crippen molar-refractivity contribution in [3.05, 3.63) is 30.3 Å². The first-order chi connectivity index (χ1) is 5.66. The Morgan fingerprint density at radius 3 is 1.69 bits per heavy atom. The topological polar surface area (TPSA) is 20.2 Å². The molecule has 0 amide bonds. The average Bonchev–Trinajstić information content (AvgIpc) is 2.07. The van der Waals surface area contributed by atoms with Crippen molar-refractivity contribution in [2.45, 2.75) is 26.1 Å². The molecule has 0 fully saturated rings. The van der Waals surface area contributed by atoms with Gasteiger partial charge in [-0.3, -0.25) is 0 Å². The maximum absolute atomic E-state index is 8.63. The zero-order valence-corrected chi connectivity index (χ0v) is 12.5. The summed E-state index contributed by atoms with van der Waals surface area (Å²) in [6.45, 7) is 6.89. The van der Waals surface area contributed by atoms with Crippen LogP contribution in [0.4, 0.5) is 0 Å². The second-order valence-corrected chi connectivity index (χ2v) is 6.02. The molecular weight excluding hydrogens is 253 g/mol. The molecule has 0 saturated carbocycles. The molecule has 1 nitrogen and oxygen atoms in total. The van der Waals surface area contributed by atoms with Crippen molar-refractivity contribution in [3.63, 3.8) is 0 Å². The molecule has 1 aromatic rings. The first kappa shape index (κ1) is 15.8. The Bertz CT molecular complexity index is 189. The predicted molar refractivity (Wildman–Crippen MR) is 56.1 cm³/mol. The molecule has 3 heteroatoms. The van der Waals surface area contributed by atoms with Crippen LogP contribution in [0.15, 0.2) is 30.3 Å². The Morgan fingerprint density at radius 1 is 1.15 bits per heavy atom. The Balaban J connectivity index is 0. The number of phenols is 1. The average molecular weight is 270 g/mol. The van der Waals surface area contributed by atoms with E-state index in [0.717, 1.165) is 0 Å². The van der Waals surface area contributed by atoms with E-state index >= 15 is 0 Å². The summed E-state index contributed by atoms with van der Waals surface area (Å²) in [7, 11) is 0.126. The standard InChI is InChI=1S/C6H6O.C4H11Si.Y/c7-6-4-2-1-3-5-6;1-4-5(2)3;/h1-5,7H;4H2,1-3H3;. The van der Waals surface area contributed by atoms with E-state index in [9.17, 15) is 0 Å². The summed E-state index contributed by atoms with van der Waals surface area (Å²) >= 11 is 0. The second-order valence-electron chi connectivity index (χ2n) is 2.90. The van der Waals surface area contributed by atoms with Gasteiger partial charge in [0.25, 0.3) is 0 Å². The van der Waals surface area contributed by atoms with Gasteiger partial charge in [-0.25, -0.2) is 0 Å². The number of hydrogen-bond donors (Lipinski definition) is 1. The largest absolute Gasteiger partial charge is 0.508 e. The van der Waals surface area contributed by atoms with Crippen molar-refractivity contribution >= 4 is 8.80 Å². The molecule has 13 heavy (non-hydrogen) atoms. The fraction of sp³-hybridized carbons (Fsp3) is 0.400. The van der Waals surface area contributed by atoms with Crippen molar-refractivity contribution in [1.29, 1.82) is 0 Å². The fourth-order valence-electron chi connectivity index (χ4n) is 0.428. The van der Waals surface area contributed by atoms with E-state index in [1.807, 2.05) is 6.07 Å². The summed E-state index contributed by atoms with van der Waals surface area (Å²) in [5.41, 5.74) is 0. The Labute approximate surface area is 108 Å². The molecule has 1 rings (SSSR count). The van der Waals surface area contributed by atoms with Crippen LogP contribution in [0.5, 0.6) is 5.75 Å². The number of aromatic hydroxyl groups is 1. The van der Waals surface area contributed by atoms with Crippen LogP contribution in [0.1, 0.15) is 6.92 Å². The molecule has 1 N–H and O–H groups in total. The molecular formula is C10H17OSiY. The fourth-order valence-corrected chi connectivity index (χ4v) is 0.428. The molecule has 70 valence electrons. The summed E-state index contributed by atoms with van der Waals surface area (Å²) in [6, 6.07) is 10.1. The molecule has 0 aromatic heterocycles. The van der Waals surface area contributed by atoms with Gasteiger partial charge >= 0.3 is 0 Å². The molecule has 0 atom stereocenters. The molecule has 0 aliphatic carbocycles. The van der Waals surface area contributed by atoms with Crippen LogP contribution in [-0.4, -0.2) is 13.9 Å². The van der Waals surface area contributed by atoms with Crippen molar-refractivity contribution in [2.24, 2.45) is 0 Å². The molecule has 0 bridgehead atoms. The van der Waals surface area contributed by atoms with E-state index in [-0.39, 0.29) is 41.5 Å². The molecule has 0 aliphatic rings. The summed E-state index contributed by atoms with van der Waals surface area (Å²) in [5.74, 6) is 0.322. The van der Waals surface area contributed by atoms with Gasteiger partial charge < -0.3 is 5.11 Å². The van der Waals surface area contributed by atoms with Gasteiger partial charge in [0.05, 0.1) is 0 Å². The summed E-state index contributed by atoms with van der Waals surface area (Å²) < 4.78 is 0. The normalized spacial score (nSPS) is 8.31. The van der Waals surface area contributed by atoms with Gasteiger partial charge in [-0.1, -0.05) is 44.3 Å². The van der Waals surface area contributed by atoms with Crippen LogP contribution in [0, 0.1) is 0 Å². The third-order valence-corrected chi connectivity index (χ3v) is 2.88. The molecule has 0 aliphatic heterocycles. The molecule has 2 radical (unpaired) electrons. The van der Waals surface area contributed by atoms with Crippen molar-refractivity contribution in [3.8, 4) is 5.75 Å². The molecule has 0 unspecified atom stereocenters. The zero-order valence-electron chi connectivity index (χ0n) is 8.62. The van der Waals surface area contributed by atoms with E-state index in [2.05, 4.69) is 20.0 Å². The van der Waals surface area contributed by atoms with Crippen LogP contribution >= 0.6 is 0 Å². The van der Waals surface area contributed by atoms with Gasteiger partial charge in [-0.15, -0.1) is 0 Å². The van der Waals surface area contributed by atoms with Gasteiger partial charge in [0.2, 0.25) is 0 Å². The van der Waals surface area contributed by atoms with Crippen LogP contribution in [-0.2, 0) is 32.7 Å². The SMILES string of the molecule is CC[Si](C)C.Oc1ccccc1.[Y]. The molecule has 0 spiro atoms. The minimum atomic E-state index is 0. The Morgan fingerprint density at radius 2 is 1.54 bits per heavy atom. The number of benzene rings is 1. The maximum Gasteiger partial charge on any atom is 0.115 e. The van der Waals surface area contributed by atoms with Gasteiger partial charge in [-0.2, -0.15) is 0 Å². The smallest absolute Gasteiger partial charge is 0.115 e. The first-order valence-electron chi connectivity index (χ1n) is 4.19. The summed E-state index contributed by atoms with van der Waals surface area (Å²) in [4.78, 5) is 0. The first-order valence-corrected chi connectivity index (χ1v) is 6.90. The van der Waals surface area contributed by atoms with Gasteiger partial charge in [-0.05, 0) is 12.1 Å². The zero-order chi connectivity index (χ0) is 9.40. The van der Waals surface area contributed by atoms with Crippen molar-refractivity contribution < 1.29 is 37.8 Å². The van der Waals surface area contributed by atoms with Crippen molar-refractivity contribution in [1.82, 2.24) is 0 Å². The Hall–Kier alpha value is 0.341. The molecule has 0 heterocycles. The van der Waals surface area contributed by atoms with Gasteiger partial charge in [0.1, 0.15) is 5.75 Å². The van der Waals surface area contributed by atoms with Crippen LogP contribution in [0.25, 0.3) is 0 Å². The van der Waals surface area contributed by atoms with Gasteiger partial charge in [0, 0.05) is 41.5 Å². The van der Waals surface area contributed by atoms with Crippen LogP contribution in [0.2, 0.25) is 19.1 Å². The number of para-hydroxylation sites is 1. The Kier molecular flexibility index (Phi) is 12.7. The molecule has 1 aromatic carbocycles. The van der Waals surface area contributed by atoms with E-state index < -0.39 is 0 Å². The number of rotatable bonds is 1. The van der Waals surface area contributed by atoms with Crippen LogP contribution in [0.3, 0.4) is 0 Å². The monoisotopic (exact) mass is 270 g/mol. The predicted octanol–water partition coefficient (Wildman–Crippen LogP) is 3.15. The third kappa shape index (κ3) is 12.3. The quantitative estimate of drug-likeness (QED) is 0.777.